The summed E-state index contributed by atoms with van der Waals surface area (Å²) in [7, 11) is -4.38. The van der Waals surface area contributed by atoms with Gasteiger partial charge in [-0.1, -0.05) is 134 Å². The Hall–Kier alpha value is -1.32. The van der Waals surface area contributed by atoms with Crippen molar-refractivity contribution in [2.24, 2.45) is 5.73 Å². The summed E-state index contributed by atoms with van der Waals surface area (Å²) in [5.74, 6) is -0.457. The molecule has 0 rings (SSSR count). The van der Waals surface area contributed by atoms with E-state index in [4.69, 9.17) is 14.8 Å². The zero-order chi connectivity index (χ0) is 34.1. The lowest BCUT2D eigenvalue weighted by Crippen LogP contribution is -2.46. The van der Waals surface area contributed by atoms with Crippen molar-refractivity contribution < 1.29 is 33.5 Å². The molecule has 9 nitrogen and oxygen atoms in total. The molecule has 6 N–H and O–H groups in total. The molecule has 0 fully saturated rings. The van der Waals surface area contributed by atoms with Gasteiger partial charge in [0, 0.05) is 6.54 Å². The first kappa shape index (κ1) is 44.7. The molecule has 0 heterocycles. The van der Waals surface area contributed by atoms with Gasteiger partial charge in [-0.05, 0) is 44.9 Å². The second-order valence-electron chi connectivity index (χ2n) is 12.3. The van der Waals surface area contributed by atoms with E-state index < -0.39 is 38.6 Å². The molecule has 4 atom stereocenters. The lowest BCUT2D eigenvalue weighted by Gasteiger charge is -2.24. The van der Waals surface area contributed by atoms with Crippen LogP contribution in [0.25, 0.3) is 0 Å². The SMILES string of the molecule is CCCCC/C=C\C=C/CCCCCCCCCCC(O)CC(=O)NC(COP(=O)(O)OCCN)C(O)/C=C/CCCCCCC. The van der Waals surface area contributed by atoms with Gasteiger partial charge in [0.15, 0.2) is 0 Å². The molecule has 46 heavy (non-hydrogen) atoms. The van der Waals surface area contributed by atoms with Crippen molar-refractivity contribution in [1.29, 1.82) is 0 Å². The largest absolute Gasteiger partial charge is 0.472 e. The number of unbranched alkanes of at least 4 members (excludes halogenated alkanes) is 16. The van der Waals surface area contributed by atoms with Gasteiger partial charge in [0.2, 0.25) is 5.91 Å². The molecule has 0 aromatic heterocycles. The summed E-state index contributed by atoms with van der Waals surface area (Å²) in [5.41, 5.74) is 5.32. The van der Waals surface area contributed by atoms with E-state index in [2.05, 4.69) is 43.5 Å². The number of hydrogen-bond donors (Lipinski definition) is 5. The van der Waals surface area contributed by atoms with Gasteiger partial charge < -0.3 is 26.2 Å². The van der Waals surface area contributed by atoms with E-state index in [9.17, 15) is 24.5 Å². The van der Waals surface area contributed by atoms with Crippen LogP contribution in [0.15, 0.2) is 36.5 Å². The van der Waals surface area contributed by atoms with Crippen molar-refractivity contribution in [3.63, 3.8) is 0 Å². The van der Waals surface area contributed by atoms with Gasteiger partial charge in [0.05, 0.1) is 37.9 Å². The minimum absolute atomic E-state index is 0.0470. The zero-order valence-electron chi connectivity index (χ0n) is 29.2. The van der Waals surface area contributed by atoms with E-state index in [-0.39, 0.29) is 19.6 Å². The quantitative estimate of drug-likeness (QED) is 0.0203. The number of phosphoric ester groups is 1. The second kappa shape index (κ2) is 32.2. The number of nitrogens with two attached hydrogens (primary N) is 1. The van der Waals surface area contributed by atoms with E-state index in [1.807, 2.05) is 6.08 Å². The van der Waals surface area contributed by atoms with E-state index in [1.165, 1.54) is 77.0 Å². The van der Waals surface area contributed by atoms with Gasteiger partial charge in [-0.15, -0.1) is 0 Å². The maximum Gasteiger partial charge on any atom is 0.472 e. The molecular formula is C36H69N2O7P. The number of rotatable bonds is 33. The molecule has 0 saturated heterocycles. The minimum Gasteiger partial charge on any atom is -0.393 e. The van der Waals surface area contributed by atoms with Crippen LogP contribution in [0.2, 0.25) is 0 Å². The van der Waals surface area contributed by atoms with Crippen LogP contribution in [0, 0.1) is 0 Å². The van der Waals surface area contributed by atoms with Crippen molar-refractivity contribution in [2.45, 2.75) is 167 Å². The summed E-state index contributed by atoms with van der Waals surface area (Å²) in [6.45, 7) is 3.84. The smallest absolute Gasteiger partial charge is 0.393 e. The zero-order valence-corrected chi connectivity index (χ0v) is 30.1. The third-order valence-corrected chi connectivity index (χ3v) is 8.78. The summed E-state index contributed by atoms with van der Waals surface area (Å²) in [5, 5.41) is 23.8. The Morgan fingerprint density at radius 2 is 1.26 bits per heavy atom. The second-order valence-corrected chi connectivity index (χ2v) is 13.8. The van der Waals surface area contributed by atoms with E-state index in [0.29, 0.717) is 6.42 Å². The molecular weight excluding hydrogens is 603 g/mol. The predicted octanol–water partition coefficient (Wildman–Crippen LogP) is 8.19. The van der Waals surface area contributed by atoms with Crippen LogP contribution in [0.3, 0.4) is 0 Å². The Labute approximate surface area is 281 Å². The van der Waals surface area contributed by atoms with E-state index in [0.717, 1.165) is 44.9 Å². The van der Waals surface area contributed by atoms with Crippen LogP contribution >= 0.6 is 7.82 Å². The first-order valence-electron chi connectivity index (χ1n) is 18.2. The number of carbonyl (C=O) groups excluding carboxylic acids is 1. The number of carbonyl (C=O) groups is 1. The molecule has 1 amide bonds. The molecule has 0 aliphatic rings. The maximum absolute atomic E-state index is 12.7. The van der Waals surface area contributed by atoms with Gasteiger partial charge in [-0.2, -0.15) is 0 Å². The summed E-state index contributed by atoms with van der Waals surface area (Å²) < 4.78 is 21.9. The Morgan fingerprint density at radius 3 is 1.85 bits per heavy atom. The number of phosphoric acid groups is 1. The van der Waals surface area contributed by atoms with Crippen molar-refractivity contribution in [1.82, 2.24) is 5.32 Å². The van der Waals surface area contributed by atoms with Crippen LogP contribution in [0.5, 0.6) is 0 Å². The average molecular weight is 673 g/mol. The average Bonchev–Trinajstić information content (AvgIpc) is 3.03. The number of allylic oxidation sites excluding steroid dienone is 5. The minimum atomic E-state index is -4.38. The monoisotopic (exact) mass is 672 g/mol. The van der Waals surface area contributed by atoms with E-state index in [1.54, 1.807) is 6.08 Å². The van der Waals surface area contributed by atoms with Crippen LogP contribution in [0.4, 0.5) is 0 Å². The fourth-order valence-corrected chi connectivity index (χ4v) is 5.75. The maximum atomic E-state index is 12.7. The molecule has 4 unspecified atom stereocenters. The molecule has 0 aromatic rings. The normalized spacial score (nSPS) is 15.5. The van der Waals surface area contributed by atoms with Crippen LogP contribution in [0.1, 0.15) is 149 Å². The molecule has 10 heteroatoms. The Bertz CT molecular complexity index is 837. The Balaban J connectivity index is 4.30. The number of amides is 1. The summed E-state index contributed by atoms with van der Waals surface area (Å²) >= 11 is 0. The fraction of sp³-hybridized carbons (Fsp3) is 0.806. The van der Waals surface area contributed by atoms with Gasteiger partial charge >= 0.3 is 7.82 Å². The van der Waals surface area contributed by atoms with Crippen molar-refractivity contribution in [3.8, 4) is 0 Å². The predicted molar refractivity (Wildman–Crippen MR) is 190 cm³/mol. The summed E-state index contributed by atoms with van der Waals surface area (Å²) in [6.07, 6.45) is 32.5. The molecule has 0 aromatic carbocycles. The summed E-state index contributed by atoms with van der Waals surface area (Å²) in [4.78, 5) is 22.5. The van der Waals surface area contributed by atoms with Gasteiger partial charge in [0.25, 0.3) is 0 Å². The van der Waals surface area contributed by atoms with Crippen LogP contribution < -0.4 is 11.1 Å². The molecule has 0 spiro atoms. The highest BCUT2D eigenvalue weighted by molar-refractivity contribution is 7.47. The molecule has 0 aliphatic carbocycles. The Kier molecular flexibility index (Phi) is 31.3. The van der Waals surface area contributed by atoms with Crippen molar-refractivity contribution in [2.75, 3.05) is 19.8 Å². The van der Waals surface area contributed by atoms with Gasteiger partial charge in [-0.25, -0.2) is 4.57 Å². The molecule has 270 valence electrons. The van der Waals surface area contributed by atoms with E-state index >= 15 is 0 Å². The third-order valence-electron chi connectivity index (χ3n) is 7.79. The number of aliphatic hydroxyl groups excluding tert-OH is 2. The van der Waals surface area contributed by atoms with Gasteiger partial charge in [-0.3, -0.25) is 13.8 Å². The lowest BCUT2D eigenvalue weighted by molar-refractivity contribution is -0.124. The van der Waals surface area contributed by atoms with Crippen LogP contribution in [-0.2, 0) is 18.4 Å². The lowest BCUT2D eigenvalue weighted by atomic mass is 10.0. The molecule has 0 aliphatic heterocycles. The van der Waals surface area contributed by atoms with Gasteiger partial charge in [0.1, 0.15) is 0 Å². The van der Waals surface area contributed by atoms with Crippen molar-refractivity contribution in [3.05, 3.63) is 36.5 Å². The van der Waals surface area contributed by atoms with Crippen molar-refractivity contribution >= 4 is 13.7 Å². The molecule has 0 bridgehead atoms. The first-order chi connectivity index (χ1) is 22.3. The topological polar surface area (TPSA) is 151 Å². The summed E-state index contributed by atoms with van der Waals surface area (Å²) in [6, 6.07) is -0.980. The number of aliphatic hydroxyl groups is 2. The third kappa shape index (κ3) is 30.0. The highest BCUT2D eigenvalue weighted by atomic mass is 31.2. The highest BCUT2D eigenvalue weighted by Crippen LogP contribution is 2.43. The number of nitrogens with one attached hydrogen (secondary N) is 1. The number of hydrogen-bond acceptors (Lipinski definition) is 7. The van der Waals surface area contributed by atoms with Crippen LogP contribution in [-0.4, -0.2) is 59.0 Å². The molecule has 0 radical (unpaired) electrons. The standard InChI is InChI=1S/C36H69N2O7P/c1-3-5-7-9-11-12-13-14-15-16-17-18-19-20-22-23-25-27-33(39)31-36(41)38-34(32-45-46(42,43)44-30-29-37)35(40)28-26-24-21-10-8-6-4-2/h11-14,26,28,33-35,39-40H,3-10,15-25,27,29-32,37H2,1-2H3,(H,38,41)(H,42,43)/b12-11-,14-13-,28-26+. The fourth-order valence-electron chi connectivity index (χ4n) is 4.99. The highest BCUT2D eigenvalue weighted by Gasteiger charge is 2.27. The Morgan fingerprint density at radius 1 is 0.761 bits per heavy atom. The molecule has 0 saturated carbocycles. The first-order valence-corrected chi connectivity index (χ1v) is 19.7.